The molecule has 3 aromatic rings. The highest BCUT2D eigenvalue weighted by Crippen LogP contribution is 2.36. The Hall–Kier alpha value is -3.01. The topological polar surface area (TPSA) is 88.5 Å². The zero-order valence-corrected chi connectivity index (χ0v) is 18.5. The van der Waals surface area contributed by atoms with Gasteiger partial charge in [0.25, 0.3) is 11.5 Å². The summed E-state index contributed by atoms with van der Waals surface area (Å²) in [4.78, 5) is 32.3. The molecule has 0 aromatic carbocycles. The molecule has 11 heteroatoms. The molecule has 176 valence electrons. The van der Waals surface area contributed by atoms with E-state index >= 15 is 0 Å². The molecule has 0 atom stereocenters. The van der Waals surface area contributed by atoms with Gasteiger partial charge in [-0.25, -0.2) is 4.98 Å². The number of aryl methyl sites for hydroxylation is 1. The van der Waals surface area contributed by atoms with Crippen molar-refractivity contribution >= 4 is 23.0 Å². The van der Waals surface area contributed by atoms with Crippen molar-refractivity contribution < 1.29 is 22.7 Å². The quantitative estimate of drug-likeness (QED) is 0.541. The molecule has 1 saturated carbocycles. The van der Waals surface area contributed by atoms with Gasteiger partial charge in [0.05, 0.1) is 23.3 Å². The van der Waals surface area contributed by atoms with E-state index in [2.05, 4.69) is 15.3 Å². The van der Waals surface area contributed by atoms with E-state index in [-0.39, 0.29) is 23.6 Å². The number of aromatic amines is 1. The van der Waals surface area contributed by atoms with Crippen LogP contribution in [0.5, 0.6) is 5.75 Å². The smallest absolute Gasteiger partial charge is 0.422 e. The van der Waals surface area contributed by atoms with Gasteiger partial charge in [-0.15, -0.1) is 0 Å². The number of carbonyl (C=O) groups excluding carboxylic acids is 1. The minimum Gasteiger partial charge on any atom is -0.483 e. The van der Waals surface area contributed by atoms with Gasteiger partial charge < -0.3 is 15.0 Å². The van der Waals surface area contributed by atoms with Gasteiger partial charge in [-0.3, -0.25) is 14.0 Å². The monoisotopic (exact) mass is 482 g/mol. The van der Waals surface area contributed by atoms with Crippen LogP contribution in [-0.4, -0.2) is 33.1 Å². The summed E-state index contributed by atoms with van der Waals surface area (Å²) in [6.45, 7) is -0.363. The van der Waals surface area contributed by atoms with Gasteiger partial charge in [-0.05, 0) is 38.0 Å². The number of carbonyl (C=O) groups is 1. The van der Waals surface area contributed by atoms with E-state index in [1.165, 1.54) is 19.1 Å². The third kappa shape index (κ3) is 5.16. The molecule has 7 nitrogen and oxygen atoms in total. The highest BCUT2D eigenvalue weighted by molar-refractivity contribution is 6.31. The lowest BCUT2D eigenvalue weighted by atomic mass is 10.0. The molecular formula is C22H22ClF3N4O3. The molecule has 33 heavy (non-hydrogen) atoms. The van der Waals surface area contributed by atoms with Gasteiger partial charge >= 0.3 is 6.18 Å². The van der Waals surface area contributed by atoms with Crippen LogP contribution in [0.15, 0.2) is 29.3 Å². The lowest BCUT2D eigenvalue weighted by molar-refractivity contribution is -0.153. The molecule has 1 aliphatic rings. The Bertz CT molecular complexity index is 1250. The van der Waals surface area contributed by atoms with E-state index in [1.807, 2.05) is 0 Å². The van der Waals surface area contributed by atoms with E-state index in [1.54, 1.807) is 16.8 Å². The fraction of sp³-hybridized carbons (Fsp3) is 0.409. The summed E-state index contributed by atoms with van der Waals surface area (Å²) < 4.78 is 44.3. The first-order chi connectivity index (χ1) is 15.6. The van der Waals surface area contributed by atoms with Crippen molar-refractivity contribution in [3.8, 4) is 5.75 Å². The SMILES string of the molecule is Cc1cc(OCC(F)(F)F)c(CNC(=O)c2cc(Cl)cc3c(C4CCCC4)ncn23)c(=O)[nH]1. The summed E-state index contributed by atoms with van der Waals surface area (Å²) >= 11 is 6.27. The average Bonchev–Trinajstić information content (AvgIpc) is 3.39. The predicted octanol–water partition coefficient (Wildman–Crippen LogP) is 4.51. The number of H-pyrrole nitrogens is 1. The molecule has 0 unspecified atom stereocenters. The Labute approximate surface area is 191 Å². The zero-order chi connectivity index (χ0) is 23.8. The molecule has 1 fully saturated rings. The number of hydrogen-bond acceptors (Lipinski definition) is 4. The van der Waals surface area contributed by atoms with Crippen molar-refractivity contribution in [2.24, 2.45) is 0 Å². The molecule has 4 rings (SSSR count). The molecular weight excluding hydrogens is 461 g/mol. The second kappa shape index (κ2) is 9.09. The molecule has 1 amide bonds. The number of halogens is 4. The summed E-state index contributed by atoms with van der Waals surface area (Å²) in [5, 5.41) is 2.94. The number of pyridine rings is 2. The third-order valence-corrected chi connectivity index (χ3v) is 5.88. The van der Waals surface area contributed by atoms with Gasteiger partial charge in [0, 0.05) is 16.6 Å². The van der Waals surface area contributed by atoms with Crippen molar-refractivity contribution in [3.05, 3.63) is 62.5 Å². The van der Waals surface area contributed by atoms with Crippen LogP contribution in [0.3, 0.4) is 0 Å². The van der Waals surface area contributed by atoms with Crippen LogP contribution in [-0.2, 0) is 6.54 Å². The number of hydrogen-bond donors (Lipinski definition) is 2. The largest absolute Gasteiger partial charge is 0.483 e. The molecule has 3 heterocycles. The van der Waals surface area contributed by atoms with Crippen LogP contribution >= 0.6 is 11.6 Å². The number of nitrogens with zero attached hydrogens (tertiary/aromatic N) is 2. The summed E-state index contributed by atoms with van der Waals surface area (Å²) in [5.41, 5.74) is 1.41. The van der Waals surface area contributed by atoms with Gasteiger partial charge in [-0.1, -0.05) is 24.4 Å². The standard InChI is InChI=1S/C22H22ClF3N4O3/c1-12-6-18(33-10-22(24,25)26)15(20(31)29-12)9-27-21(32)17-8-14(23)7-16-19(28-11-30(16)17)13-4-2-3-5-13/h6-8,11,13H,2-5,9-10H2,1H3,(H,27,32)(H,29,31). The lowest BCUT2D eigenvalue weighted by Crippen LogP contribution is -2.29. The number of fused-ring (bicyclic) bond motifs is 1. The van der Waals surface area contributed by atoms with Crippen LogP contribution in [0.4, 0.5) is 13.2 Å². The number of imidazole rings is 1. The normalized spacial score (nSPS) is 14.7. The maximum Gasteiger partial charge on any atom is 0.422 e. The Morgan fingerprint density at radius 2 is 2.03 bits per heavy atom. The molecule has 1 aliphatic carbocycles. The van der Waals surface area contributed by atoms with Gasteiger partial charge in [0.15, 0.2) is 6.61 Å². The first-order valence-corrected chi connectivity index (χ1v) is 10.9. The van der Waals surface area contributed by atoms with E-state index in [0.29, 0.717) is 16.6 Å². The molecule has 0 bridgehead atoms. The van der Waals surface area contributed by atoms with Gasteiger partial charge in [0.2, 0.25) is 0 Å². The predicted molar refractivity (Wildman–Crippen MR) is 116 cm³/mol. The van der Waals surface area contributed by atoms with Crippen molar-refractivity contribution in [1.82, 2.24) is 19.7 Å². The van der Waals surface area contributed by atoms with Crippen LogP contribution in [0, 0.1) is 6.92 Å². The second-order valence-corrected chi connectivity index (χ2v) is 8.57. The average molecular weight is 483 g/mol. The van der Waals surface area contributed by atoms with E-state index in [9.17, 15) is 22.8 Å². The van der Waals surface area contributed by atoms with Crippen LogP contribution < -0.4 is 15.6 Å². The fourth-order valence-corrected chi connectivity index (χ4v) is 4.38. The number of aromatic nitrogens is 3. The number of nitrogens with one attached hydrogen (secondary N) is 2. The number of amides is 1. The minimum atomic E-state index is -4.57. The third-order valence-electron chi connectivity index (χ3n) is 5.66. The molecule has 0 radical (unpaired) electrons. The lowest BCUT2D eigenvalue weighted by Gasteiger charge is -2.14. The summed E-state index contributed by atoms with van der Waals surface area (Å²) in [5.74, 6) is -0.486. The molecule has 0 aliphatic heterocycles. The molecule has 2 N–H and O–H groups in total. The summed E-state index contributed by atoms with van der Waals surface area (Å²) in [6.07, 6.45) is 1.30. The van der Waals surface area contributed by atoms with Crippen LogP contribution in [0.2, 0.25) is 5.02 Å². The van der Waals surface area contributed by atoms with Gasteiger partial charge in [-0.2, -0.15) is 13.2 Å². The molecule has 3 aromatic heterocycles. The maximum atomic E-state index is 13.0. The zero-order valence-electron chi connectivity index (χ0n) is 17.8. The Morgan fingerprint density at radius 1 is 1.30 bits per heavy atom. The first kappa shape index (κ1) is 23.2. The molecule has 0 saturated heterocycles. The van der Waals surface area contributed by atoms with Crippen molar-refractivity contribution in [3.63, 3.8) is 0 Å². The van der Waals surface area contributed by atoms with Gasteiger partial charge in [0.1, 0.15) is 17.8 Å². The van der Waals surface area contributed by atoms with Crippen LogP contribution in [0.25, 0.3) is 5.52 Å². The van der Waals surface area contributed by atoms with Crippen molar-refractivity contribution in [2.45, 2.75) is 51.2 Å². The fourth-order valence-electron chi connectivity index (χ4n) is 4.17. The minimum absolute atomic E-state index is 0.117. The summed E-state index contributed by atoms with van der Waals surface area (Å²) in [7, 11) is 0. The highest BCUT2D eigenvalue weighted by atomic mass is 35.5. The number of ether oxygens (including phenoxy) is 1. The second-order valence-electron chi connectivity index (χ2n) is 8.14. The molecule has 0 spiro atoms. The highest BCUT2D eigenvalue weighted by Gasteiger charge is 2.29. The summed E-state index contributed by atoms with van der Waals surface area (Å²) in [6, 6.07) is 4.52. The number of rotatable bonds is 6. The maximum absolute atomic E-state index is 13.0. The van der Waals surface area contributed by atoms with E-state index in [4.69, 9.17) is 16.3 Å². The van der Waals surface area contributed by atoms with Crippen molar-refractivity contribution in [2.75, 3.05) is 6.61 Å². The van der Waals surface area contributed by atoms with Crippen molar-refractivity contribution in [1.29, 1.82) is 0 Å². The van der Waals surface area contributed by atoms with E-state index in [0.717, 1.165) is 36.9 Å². The first-order valence-electron chi connectivity index (χ1n) is 10.5. The Kier molecular flexibility index (Phi) is 6.38. The Balaban J connectivity index is 1.59. The number of alkyl halides is 3. The van der Waals surface area contributed by atoms with E-state index < -0.39 is 24.2 Å². The Morgan fingerprint density at radius 3 is 2.73 bits per heavy atom. The van der Waals surface area contributed by atoms with Crippen LogP contribution in [0.1, 0.15) is 59.0 Å².